The number of primary amides is 1. The van der Waals surface area contributed by atoms with Gasteiger partial charge in [-0.2, -0.15) is 0 Å². The van der Waals surface area contributed by atoms with Crippen LogP contribution in [0.2, 0.25) is 0 Å². The van der Waals surface area contributed by atoms with Gasteiger partial charge in [0, 0.05) is 23.7 Å². The summed E-state index contributed by atoms with van der Waals surface area (Å²) in [4.78, 5) is 53.5. The highest BCUT2D eigenvalue weighted by atomic mass is 19.1. The first-order chi connectivity index (χ1) is 16.3. The van der Waals surface area contributed by atoms with Gasteiger partial charge < -0.3 is 11.1 Å². The summed E-state index contributed by atoms with van der Waals surface area (Å²) < 4.78 is 14.2. The lowest BCUT2D eigenvalue weighted by Crippen LogP contribution is -2.53. The molecule has 34 heavy (non-hydrogen) atoms. The fourth-order valence-electron chi connectivity index (χ4n) is 5.61. The molecule has 5 rings (SSSR count). The first-order valence-electron chi connectivity index (χ1n) is 11.4. The fraction of sp³-hybridized carbons (Fsp3) is 0.360. The topological polar surface area (TPSA) is 122 Å². The van der Waals surface area contributed by atoms with Crippen LogP contribution in [0.1, 0.15) is 37.3 Å². The summed E-state index contributed by atoms with van der Waals surface area (Å²) in [6.45, 7) is 2.10. The maximum atomic E-state index is 14.2. The Bertz CT molecular complexity index is 1210. The van der Waals surface area contributed by atoms with E-state index in [-0.39, 0.29) is 12.0 Å². The second-order valence-corrected chi connectivity index (χ2v) is 9.16. The minimum atomic E-state index is -1.68. The average Bonchev–Trinajstić information content (AvgIpc) is 3.37. The van der Waals surface area contributed by atoms with E-state index in [1.165, 1.54) is 18.2 Å². The predicted octanol–water partition coefficient (Wildman–Crippen LogP) is 1.97. The standard InChI is InChI=1S/C25H25FN4O4/c1-2-3-4-13-5-8-15(9-6-13)30-22(32)20-18(12-19(27)31)29-25(21(20)23(30)33)16-11-14(26)7-10-17(16)28-24(25)34/h5-11,18,20-21,29H,2-4,12H2,1H3,(H2,27,31)(H,28,34)/t18?,20-,21+,25?/m1/s1. The lowest BCUT2D eigenvalue weighted by Gasteiger charge is -2.29. The molecule has 3 heterocycles. The third-order valence-corrected chi connectivity index (χ3v) is 7.11. The van der Waals surface area contributed by atoms with Crippen molar-refractivity contribution in [3.05, 3.63) is 59.4 Å². The molecule has 4 amide bonds. The molecule has 8 nitrogen and oxygen atoms in total. The molecule has 0 bridgehead atoms. The SMILES string of the molecule is CCCCc1ccc(N2C(=O)[C@@H]3C(CC(N)=O)NC4(C(=O)Nc5ccc(F)cc54)[C@@H]3C2=O)cc1. The molecule has 0 radical (unpaired) electrons. The number of aryl methyl sites for hydroxylation is 1. The smallest absolute Gasteiger partial charge is 0.250 e. The van der Waals surface area contributed by atoms with Gasteiger partial charge in [-0.05, 0) is 48.7 Å². The summed E-state index contributed by atoms with van der Waals surface area (Å²) in [7, 11) is 0. The number of fused-ring (bicyclic) bond motifs is 4. The number of nitrogens with zero attached hydrogens (tertiary/aromatic N) is 1. The number of nitrogens with one attached hydrogen (secondary N) is 2. The highest BCUT2D eigenvalue weighted by Crippen LogP contribution is 2.54. The predicted molar refractivity (Wildman–Crippen MR) is 122 cm³/mol. The monoisotopic (exact) mass is 464 g/mol. The molecule has 2 saturated heterocycles. The molecule has 4 atom stereocenters. The van der Waals surface area contributed by atoms with Crippen LogP contribution in [0.4, 0.5) is 15.8 Å². The molecule has 3 aliphatic rings. The van der Waals surface area contributed by atoms with E-state index in [0.29, 0.717) is 11.4 Å². The molecule has 0 saturated carbocycles. The van der Waals surface area contributed by atoms with Crippen LogP contribution in [0.3, 0.4) is 0 Å². The van der Waals surface area contributed by atoms with E-state index in [0.717, 1.165) is 29.7 Å². The number of anilines is 2. The Morgan fingerprint density at radius 1 is 1.12 bits per heavy atom. The molecule has 1 spiro atoms. The fourth-order valence-corrected chi connectivity index (χ4v) is 5.61. The molecule has 2 aromatic carbocycles. The van der Waals surface area contributed by atoms with E-state index in [4.69, 9.17) is 5.73 Å². The van der Waals surface area contributed by atoms with Crippen LogP contribution in [-0.2, 0) is 31.1 Å². The van der Waals surface area contributed by atoms with Crippen molar-refractivity contribution in [2.75, 3.05) is 10.2 Å². The number of rotatable bonds is 6. The van der Waals surface area contributed by atoms with E-state index in [1.54, 1.807) is 12.1 Å². The van der Waals surface area contributed by atoms with Crippen molar-refractivity contribution in [2.24, 2.45) is 17.6 Å². The number of halogens is 1. The Kier molecular flexibility index (Phi) is 5.24. The highest BCUT2D eigenvalue weighted by Gasteiger charge is 2.70. The molecule has 176 valence electrons. The summed E-state index contributed by atoms with van der Waals surface area (Å²) in [6, 6.07) is 10.1. The molecule has 0 aromatic heterocycles. The van der Waals surface area contributed by atoms with E-state index < -0.39 is 52.9 Å². The van der Waals surface area contributed by atoms with Crippen molar-refractivity contribution in [3.8, 4) is 0 Å². The first kappa shape index (κ1) is 22.2. The van der Waals surface area contributed by atoms with Gasteiger partial charge in [-0.25, -0.2) is 9.29 Å². The van der Waals surface area contributed by atoms with Gasteiger partial charge in [0.15, 0.2) is 0 Å². The van der Waals surface area contributed by atoms with Gasteiger partial charge in [0.05, 0.1) is 17.5 Å². The molecule has 4 N–H and O–H groups in total. The Labute approximate surface area is 195 Å². The Balaban J connectivity index is 1.59. The van der Waals surface area contributed by atoms with Crippen molar-refractivity contribution in [2.45, 2.75) is 44.2 Å². The lowest BCUT2D eigenvalue weighted by atomic mass is 9.76. The maximum Gasteiger partial charge on any atom is 0.250 e. The van der Waals surface area contributed by atoms with E-state index in [9.17, 15) is 23.6 Å². The van der Waals surface area contributed by atoms with Crippen LogP contribution >= 0.6 is 0 Å². The Morgan fingerprint density at radius 2 is 1.85 bits per heavy atom. The molecular formula is C25H25FN4O4. The largest absolute Gasteiger partial charge is 0.370 e. The summed E-state index contributed by atoms with van der Waals surface area (Å²) in [5, 5.41) is 5.74. The summed E-state index contributed by atoms with van der Waals surface area (Å²) in [5.74, 6) is -5.04. The molecule has 2 unspecified atom stereocenters. The minimum Gasteiger partial charge on any atom is -0.370 e. The zero-order chi connectivity index (χ0) is 24.2. The molecular weight excluding hydrogens is 439 g/mol. The zero-order valence-corrected chi connectivity index (χ0v) is 18.6. The Morgan fingerprint density at radius 3 is 2.53 bits per heavy atom. The van der Waals surface area contributed by atoms with Gasteiger partial charge in [0.2, 0.25) is 23.6 Å². The number of imide groups is 1. The van der Waals surface area contributed by atoms with Gasteiger partial charge in [-0.15, -0.1) is 0 Å². The number of hydrogen-bond donors (Lipinski definition) is 3. The molecule has 0 aliphatic carbocycles. The second kappa shape index (κ2) is 8.02. The van der Waals surface area contributed by atoms with Crippen molar-refractivity contribution in [3.63, 3.8) is 0 Å². The third-order valence-electron chi connectivity index (χ3n) is 7.11. The summed E-state index contributed by atoms with van der Waals surface area (Å²) in [6.07, 6.45) is 2.72. The molecule has 2 fully saturated rings. The zero-order valence-electron chi connectivity index (χ0n) is 18.6. The number of amides is 4. The van der Waals surface area contributed by atoms with Crippen LogP contribution in [0.5, 0.6) is 0 Å². The third kappa shape index (κ3) is 3.14. The normalized spacial score (nSPS) is 27.3. The van der Waals surface area contributed by atoms with Crippen LogP contribution in [0.15, 0.2) is 42.5 Å². The van der Waals surface area contributed by atoms with E-state index in [1.807, 2.05) is 12.1 Å². The second-order valence-electron chi connectivity index (χ2n) is 9.16. The van der Waals surface area contributed by atoms with Crippen molar-refractivity contribution in [1.29, 1.82) is 0 Å². The van der Waals surface area contributed by atoms with E-state index >= 15 is 0 Å². The van der Waals surface area contributed by atoms with Crippen molar-refractivity contribution in [1.82, 2.24) is 5.32 Å². The quantitative estimate of drug-likeness (QED) is 0.565. The van der Waals surface area contributed by atoms with Crippen molar-refractivity contribution < 1.29 is 23.6 Å². The summed E-state index contributed by atoms with van der Waals surface area (Å²) >= 11 is 0. The van der Waals surface area contributed by atoms with Gasteiger partial charge in [-0.1, -0.05) is 25.5 Å². The van der Waals surface area contributed by atoms with Gasteiger partial charge in [0.1, 0.15) is 11.4 Å². The Hall–Kier alpha value is -3.59. The minimum absolute atomic E-state index is 0.246. The number of benzene rings is 2. The molecule has 2 aromatic rings. The van der Waals surface area contributed by atoms with Crippen molar-refractivity contribution >= 4 is 35.0 Å². The number of unbranched alkanes of at least 4 members (excludes halogenated alkanes) is 1. The molecule has 3 aliphatic heterocycles. The number of carbonyl (C=O) groups excluding carboxylic acids is 4. The lowest BCUT2D eigenvalue weighted by molar-refractivity contribution is -0.130. The van der Waals surface area contributed by atoms with Crippen LogP contribution < -0.4 is 21.3 Å². The van der Waals surface area contributed by atoms with Crippen LogP contribution in [0.25, 0.3) is 0 Å². The number of nitrogens with two attached hydrogens (primary N) is 1. The number of hydrogen-bond acceptors (Lipinski definition) is 5. The summed E-state index contributed by atoms with van der Waals surface area (Å²) in [5.41, 5.74) is 5.85. The van der Waals surface area contributed by atoms with Gasteiger partial charge >= 0.3 is 0 Å². The number of carbonyl (C=O) groups is 4. The van der Waals surface area contributed by atoms with Crippen LogP contribution in [-0.4, -0.2) is 29.7 Å². The first-order valence-corrected chi connectivity index (χ1v) is 11.4. The van der Waals surface area contributed by atoms with Gasteiger partial charge in [-0.3, -0.25) is 24.5 Å². The molecule has 9 heteroatoms. The van der Waals surface area contributed by atoms with Gasteiger partial charge in [0.25, 0.3) is 0 Å². The average molecular weight is 464 g/mol. The van der Waals surface area contributed by atoms with E-state index in [2.05, 4.69) is 17.6 Å². The highest BCUT2D eigenvalue weighted by molar-refractivity contribution is 6.25. The van der Waals surface area contributed by atoms with Crippen LogP contribution in [0, 0.1) is 17.7 Å². The maximum absolute atomic E-state index is 14.2.